The van der Waals surface area contributed by atoms with Crippen molar-refractivity contribution in [2.24, 2.45) is 0 Å². The average molecular weight is 247 g/mol. The van der Waals surface area contributed by atoms with E-state index in [0.29, 0.717) is 5.92 Å². The lowest BCUT2D eigenvalue weighted by molar-refractivity contribution is 0.205. The van der Waals surface area contributed by atoms with Crippen LogP contribution in [0.3, 0.4) is 0 Å². The van der Waals surface area contributed by atoms with Gasteiger partial charge in [-0.15, -0.1) is 0 Å². The molecule has 1 aromatic carbocycles. The molecule has 1 heterocycles. The number of rotatable bonds is 5. The Hall–Kier alpha value is -1.02. The Bertz CT molecular complexity index is 364. The van der Waals surface area contributed by atoms with Crippen molar-refractivity contribution in [3.8, 4) is 5.75 Å². The molecule has 1 aromatic rings. The Balaban J connectivity index is 1.98. The maximum Gasteiger partial charge on any atom is 0.119 e. The Labute approximate surface area is 111 Å². The van der Waals surface area contributed by atoms with Crippen LogP contribution in [-0.4, -0.2) is 31.6 Å². The van der Waals surface area contributed by atoms with Crippen LogP contribution >= 0.6 is 0 Å². The molecule has 1 fully saturated rings. The number of nitrogens with zero attached hydrogens (tertiary/aromatic N) is 1. The van der Waals surface area contributed by atoms with Crippen molar-refractivity contribution in [3.63, 3.8) is 0 Å². The zero-order valence-electron chi connectivity index (χ0n) is 11.7. The smallest absolute Gasteiger partial charge is 0.119 e. The normalized spacial score (nSPS) is 20.9. The van der Waals surface area contributed by atoms with Crippen LogP contribution in [0.25, 0.3) is 0 Å². The molecule has 0 radical (unpaired) electrons. The van der Waals surface area contributed by atoms with Gasteiger partial charge in [-0.3, -0.25) is 0 Å². The molecule has 1 aliphatic rings. The molecule has 1 aliphatic heterocycles. The second-order valence-electron chi connectivity index (χ2n) is 5.27. The zero-order chi connectivity index (χ0) is 12.8. The van der Waals surface area contributed by atoms with Gasteiger partial charge < -0.3 is 9.64 Å². The minimum atomic E-state index is 0.686. The summed E-state index contributed by atoms with van der Waals surface area (Å²) in [6.45, 7) is 6.02. The third kappa shape index (κ3) is 3.49. The molecule has 1 atom stereocenters. The first kappa shape index (κ1) is 13.4. The van der Waals surface area contributed by atoms with Crippen LogP contribution in [0, 0.1) is 0 Å². The lowest BCUT2D eigenvalue weighted by atomic mass is 9.90. The van der Waals surface area contributed by atoms with E-state index >= 15 is 0 Å². The van der Waals surface area contributed by atoms with Gasteiger partial charge in [-0.1, -0.05) is 25.5 Å². The second-order valence-corrected chi connectivity index (χ2v) is 5.27. The van der Waals surface area contributed by atoms with E-state index in [-0.39, 0.29) is 0 Å². The quantitative estimate of drug-likeness (QED) is 0.787. The fraction of sp³-hybridized carbons (Fsp3) is 0.625. The molecule has 1 saturated heterocycles. The summed E-state index contributed by atoms with van der Waals surface area (Å²) in [7, 11) is 1.74. The van der Waals surface area contributed by atoms with Gasteiger partial charge in [0.1, 0.15) is 5.75 Å². The number of likely N-dealkylation sites (tertiary alicyclic amines) is 1. The van der Waals surface area contributed by atoms with Crippen LogP contribution < -0.4 is 4.74 Å². The standard InChI is InChI=1S/C16H25NO/c1-3-4-10-17-11-6-8-15(13-17)14-7-5-9-16(12-14)18-2/h5,7,9,12,15H,3-4,6,8,10-11,13H2,1-2H3/t15-/m0/s1. The topological polar surface area (TPSA) is 12.5 Å². The number of unbranched alkanes of at least 4 members (excludes halogenated alkanes) is 1. The molecule has 2 rings (SSSR count). The van der Waals surface area contributed by atoms with Gasteiger partial charge in [-0.25, -0.2) is 0 Å². The lowest BCUT2D eigenvalue weighted by Crippen LogP contribution is -2.35. The van der Waals surface area contributed by atoms with Crippen LogP contribution in [0.5, 0.6) is 5.75 Å². The first-order chi connectivity index (χ1) is 8.83. The third-order valence-electron chi connectivity index (χ3n) is 3.90. The highest BCUT2D eigenvalue weighted by molar-refractivity contribution is 5.31. The Morgan fingerprint density at radius 1 is 1.39 bits per heavy atom. The fourth-order valence-electron chi connectivity index (χ4n) is 2.81. The van der Waals surface area contributed by atoms with Crippen LogP contribution in [0.1, 0.15) is 44.1 Å². The maximum atomic E-state index is 5.32. The van der Waals surface area contributed by atoms with E-state index in [1.165, 1.54) is 50.9 Å². The molecule has 0 N–H and O–H groups in total. The summed E-state index contributed by atoms with van der Waals surface area (Å²) in [6, 6.07) is 8.59. The van der Waals surface area contributed by atoms with Crippen molar-refractivity contribution >= 4 is 0 Å². The predicted octanol–water partition coefficient (Wildman–Crippen LogP) is 3.67. The van der Waals surface area contributed by atoms with E-state index in [2.05, 4.69) is 30.0 Å². The van der Waals surface area contributed by atoms with Crippen LogP contribution in [0.2, 0.25) is 0 Å². The SMILES string of the molecule is CCCCN1CCC[C@H](c2cccc(OC)c2)C1. The highest BCUT2D eigenvalue weighted by Gasteiger charge is 2.20. The van der Waals surface area contributed by atoms with E-state index in [4.69, 9.17) is 4.74 Å². The van der Waals surface area contributed by atoms with Gasteiger partial charge in [0.05, 0.1) is 7.11 Å². The number of benzene rings is 1. The zero-order valence-corrected chi connectivity index (χ0v) is 11.7. The number of hydrogen-bond donors (Lipinski definition) is 0. The van der Waals surface area contributed by atoms with E-state index in [1.54, 1.807) is 7.11 Å². The van der Waals surface area contributed by atoms with E-state index in [1.807, 2.05) is 6.07 Å². The van der Waals surface area contributed by atoms with E-state index in [9.17, 15) is 0 Å². The number of methoxy groups -OCH3 is 1. The van der Waals surface area contributed by atoms with E-state index < -0.39 is 0 Å². The highest BCUT2D eigenvalue weighted by atomic mass is 16.5. The summed E-state index contributed by atoms with van der Waals surface area (Å²) >= 11 is 0. The van der Waals surface area contributed by atoms with Gasteiger partial charge in [-0.2, -0.15) is 0 Å². The summed E-state index contributed by atoms with van der Waals surface area (Å²) in [5.74, 6) is 1.67. The molecule has 100 valence electrons. The molecule has 0 aromatic heterocycles. The van der Waals surface area contributed by atoms with Crippen molar-refractivity contribution in [1.29, 1.82) is 0 Å². The minimum absolute atomic E-state index is 0.686. The van der Waals surface area contributed by atoms with Crippen molar-refractivity contribution in [2.45, 2.75) is 38.5 Å². The number of piperidine rings is 1. The van der Waals surface area contributed by atoms with Crippen LogP contribution in [0.4, 0.5) is 0 Å². The molecule has 0 amide bonds. The Kier molecular flexibility index (Phi) is 5.06. The van der Waals surface area contributed by atoms with Crippen molar-refractivity contribution in [1.82, 2.24) is 4.90 Å². The maximum absolute atomic E-state index is 5.32. The third-order valence-corrected chi connectivity index (χ3v) is 3.90. The van der Waals surface area contributed by atoms with Gasteiger partial charge in [0.2, 0.25) is 0 Å². The number of ether oxygens (including phenoxy) is 1. The summed E-state index contributed by atoms with van der Waals surface area (Å²) in [5.41, 5.74) is 1.44. The van der Waals surface area contributed by atoms with Gasteiger partial charge in [0.15, 0.2) is 0 Å². The second kappa shape index (κ2) is 6.79. The summed E-state index contributed by atoms with van der Waals surface area (Å²) in [5, 5.41) is 0. The minimum Gasteiger partial charge on any atom is -0.497 e. The van der Waals surface area contributed by atoms with Gasteiger partial charge in [0, 0.05) is 6.54 Å². The van der Waals surface area contributed by atoms with Crippen molar-refractivity contribution < 1.29 is 4.74 Å². The molecular formula is C16H25NO. The predicted molar refractivity (Wildman–Crippen MR) is 76.3 cm³/mol. The molecule has 0 spiro atoms. The molecule has 2 heteroatoms. The van der Waals surface area contributed by atoms with Crippen molar-refractivity contribution in [2.75, 3.05) is 26.7 Å². The summed E-state index contributed by atoms with van der Waals surface area (Å²) in [4.78, 5) is 2.62. The first-order valence-electron chi connectivity index (χ1n) is 7.19. The largest absolute Gasteiger partial charge is 0.497 e. The fourth-order valence-corrected chi connectivity index (χ4v) is 2.81. The molecule has 0 unspecified atom stereocenters. The molecule has 0 saturated carbocycles. The van der Waals surface area contributed by atoms with Gasteiger partial charge in [0.25, 0.3) is 0 Å². The van der Waals surface area contributed by atoms with Crippen LogP contribution in [0.15, 0.2) is 24.3 Å². The molecule has 0 aliphatic carbocycles. The molecule has 0 bridgehead atoms. The van der Waals surface area contributed by atoms with Crippen molar-refractivity contribution in [3.05, 3.63) is 29.8 Å². The lowest BCUT2D eigenvalue weighted by Gasteiger charge is -2.33. The Morgan fingerprint density at radius 2 is 2.28 bits per heavy atom. The molecule has 2 nitrogen and oxygen atoms in total. The molecule has 18 heavy (non-hydrogen) atoms. The monoisotopic (exact) mass is 247 g/mol. The highest BCUT2D eigenvalue weighted by Crippen LogP contribution is 2.29. The average Bonchev–Trinajstić information content (AvgIpc) is 2.45. The molecular weight excluding hydrogens is 222 g/mol. The van der Waals surface area contributed by atoms with Gasteiger partial charge >= 0.3 is 0 Å². The van der Waals surface area contributed by atoms with E-state index in [0.717, 1.165) is 5.75 Å². The summed E-state index contributed by atoms with van der Waals surface area (Å²) in [6.07, 6.45) is 5.26. The Morgan fingerprint density at radius 3 is 3.06 bits per heavy atom. The van der Waals surface area contributed by atoms with Crippen LogP contribution in [-0.2, 0) is 0 Å². The number of hydrogen-bond acceptors (Lipinski definition) is 2. The summed E-state index contributed by atoms with van der Waals surface area (Å²) < 4.78 is 5.32. The van der Waals surface area contributed by atoms with Gasteiger partial charge in [-0.05, 0) is 56.0 Å². The first-order valence-corrected chi connectivity index (χ1v) is 7.19.